The van der Waals surface area contributed by atoms with Gasteiger partial charge < -0.3 is 87.8 Å². The first-order valence-electron chi connectivity index (χ1n) is 54.5. The minimum atomic E-state index is -2.49. The number of anilines is 2. The fourth-order valence-electron chi connectivity index (χ4n) is 24.2. The second-order valence-electron chi connectivity index (χ2n) is 45.0. The van der Waals surface area contributed by atoms with E-state index in [1.54, 1.807) is 105 Å². The Balaban J connectivity index is 0.000000284. The predicted molar refractivity (Wildman–Crippen MR) is 567 cm³/mol. The smallest absolute Gasteiger partial charge is 0.329 e. The number of aliphatic hydroxyl groups is 6. The third-order valence-corrected chi connectivity index (χ3v) is 34.9. The Morgan fingerprint density at radius 1 is 0.453 bits per heavy atom. The van der Waals surface area contributed by atoms with E-state index in [1.807, 2.05) is 104 Å². The van der Waals surface area contributed by atoms with Gasteiger partial charge in [-0.25, -0.2) is 19.7 Å². The van der Waals surface area contributed by atoms with Gasteiger partial charge in [-0.05, 0) is 276 Å². The van der Waals surface area contributed by atoms with Gasteiger partial charge in [0.1, 0.15) is 78.2 Å². The van der Waals surface area contributed by atoms with Crippen molar-refractivity contribution in [2.75, 3.05) is 65.9 Å². The van der Waals surface area contributed by atoms with Crippen molar-refractivity contribution in [1.82, 2.24) is 9.80 Å². The van der Waals surface area contributed by atoms with Gasteiger partial charge in [-0.2, -0.15) is 0 Å². The monoisotopic (exact) mass is 2160 g/mol. The summed E-state index contributed by atoms with van der Waals surface area (Å²) in [7, 11) is 9.01. The molecule has 150 heavy (non-hydrogen) atoms. The minimum absolute atomic E-state index is 0.0616. The molecule has 0 radical (unpaired) electrons. The van der Waals surface area contributed by atoms with Gasteiger partial charge in [0.25, 0.3) is 23.4 Å². The number of aryl methyl sites for hydroxylation is 1. The number of Topliss-reactive ketones (excluding diaryl/α,β-unsaturated/α-hetero) is 6. The molecule has 2 aromatic rings. The number of methoxy groups -OCH3 is 6. The van der Waals surface area contributed by atoms with Crippen LogP contribution in [0, 0.1) is 77.9 Å². The third-order valence-electron chi connectivity index (χ3n) is 33.9. The molecule has 10 heterocycles. The zero-order valence-corrected chi connectivity index (χ0v) is 94.1. The average molecular weight is 2160 g/mol. The number of allylic oxidation sites excluding steroid dienone is 2. The van der Waals surface area contributed by atoms with Gasteiger partial charge in [-0.15, -0.1) is 0 Å². The number of hydrogen-bond acceptors (Lipinski definition) is 30. The molecule has 10 aliphatic heterocycles. The summed E-state index contributed by atoms with van der Waals surface area (Å²) in [5, 5.41) is 73.9. The van der Waals surface area contributed by atoms with E-state index in [0.717, 1.165) is 22.4 Å². The van der Waals surface area contributed by atoms with E-state index in [0.29, 0.717) is 160 Å². The van der Waals surface area contributed by atoms with E-state index in [-0.39, 0.29) is 135 Å². The van der Waals surface area contributed by atoms with Gasteiger partial charge in [0.2, 0.25) is 11.6 Å². The van der Waals surface area contributed by atoms with Crippen molar-refractivity contribution in [3.63, 3.8) is 0 Å². The number of piperidine rings is 2. The van der Waals surface area contributed by atoms with Crippen LogP contribution in [0.3, 0.4) is 0 Å². The van der Waals surface area contributed by atoms with Crippen molar-refractivity contribution in [3.05, 3.63) is 116 Å². The number of ketones is 6. The molecule has 8 bridgehead atoms. The molecule has 2 aromatic carbocycles. The number of halogens is 3. The van der Waals surface area contributed by atoms with Crippen LogP contribution in [-0.4, -0.2) is 288 Å². The molecule has 35 heteroatoms. The number of amides is 2. The van der Waals surface area contributed by atoms with Crippen molar-refractivity contribution in [2.24, 2.45) is 71.0 Å². The van der Waals surface area contributed by atoms with E-state index < -0.39 is 180 Å². The quantitative estimate of drug-likeness (QED) is 0.0581. The highest BCUT2D eigenvalue weighted by Gasteiger charge is 2.57. The molecule has 34 atom stereocenters. The highest BCUT2D eigenvalue weighted by Crippen LogP contribution is 2.47. The summed E-state index contributed by atoms with van der Waals surface area (Å²) < 4.78 is 59.8. The number of ether oxygens (including phenoxy) is 10. The highest BCUT2D eigenvalue weighted by molar-refractivity contribution is 6.40. The molecule has 2 amide bonds. The van der Waals surface area contributed by atoms with E-state index >= 15 is 0 Å². The van der Waals surface area contributed by atoms with Crippen molar-refractivity contribution < 1.29 is 136 Å². The predicted octanol–water partition coefficient (Wildman–Crippen LogP) is 16.1. The normalized spacial score (nSPS) is 38.0. The van der Waals surface area contributed by atoms with Gasteiger partial charge in [0, 0.05) is 122 Å². The zero-order chi connectivity index (χ0) is 110. The molecule has 0 aromatic heterocycles. The van der Waals surface area contributed by atoms with E-state index in [1.165, 1.54) is 24.0 Å². The lowest BCUT2D eigenvalue weighted by Gasteiger charge is -2.44. The topological polar surface area (TPSA) is 416 Å². The van der Waals surface area contributed by atoms with Crippen LogP contribution in [-0.2, 0) is 105 Å². The number of fused-ring (bicyclic) bond motifs is 33. The molecule has 838 valence electrons. The Morgan fingerprint density at radius 3 is 1.33 bits per heavy atom. The average Bonchev–Trinajstić information content (AvgIpc) is 0.780. The summed E-state index contributed by atoms with van der Waals surface area (Å²) in [6.07, 6.45) is 9.62. The Labute approximate surface area is 901 Å². The standard InChI is InChI=1S/C58H85ClN2O14.C57H84Cl2N2O14/c1-32-27-41(17-20-44(32)59)61-45-21-19-43(75-61)28-36(5)49(70-9)30-42-18-15-39(8)58(69,74-42)55(66)56(67)60-23-13-12-14-46(60)57(68)73-50(35(4)26-40-16-22-47(62)51(29-40)71-10)31-48(63)34(3)25-38(7)53(65)54(72-11)52(64)37(6)24-33(45)2;1-31-24-35(5)51(64)53(72-10)52(65)36(6)25-32(2)46(63)30-48(33(3)26-38-18-22-45(62)49(28-38)71-9)73-56(68)44-16-11-12-23-60(44)55(67)54(66)57(69)37(7)17-19-39(74-57)29-47(70-8)34(4)27-40-20-21-43(31)61(75-40)50-41(58)14-13-15-42(50)59/h17,19-21,25,27-28,33-35,37,39-40,42-43,45-47,49-51,53-54,62,65,69H,12-16,18,22-24,26,29-31H2,1-11H3;13-15,25,27,31-33,35,37-40,43-45,47-49,52-53,62,65,69H,11-12,16-24,26,28-30H2,1-10H3/b36-28?,38-25+;34-27?,36-25+/t33-,34+,35+,37+,39+,40-,42-,43?,45?,46?,47+,49-,50-,51+,53+,54-,58+;31-,32+,33+,35+,37+,38-,39-,40?,43?,44?,45+,47-,48-,49+,52+,53-,57+/m00/s1. The summed E-state index contributed by atoms with van der Waals surface area (Å²) in [6.45, 7) is 27.4. The number of benzene rings is 2. The third kappa shape index (κ3) is 30.2. The maximum Gasteiger partial charge on any atom is 0.329 e. The molecule has 5 saturated heterocycles. The molecule has 7 fully saturated rings. The number of aliphatic hydroxyl groups excluding tert-OH is 4. The Hall–Kier alpha value is -7.13. The molecule has 6 N–H and O–H groups in total. The van der Waals surface area contributed by atoms with Gasteiger partial charge in [-0.1, -0.05) is 140 Å². The summed E-state index contributed by atoms with van der Waals surface area (Å²) >= 11 is 20.2. The summed E-state index contributed by atoms with van der Waals surface area (Å²) in [5.41, 5.74) is 4.40. The number of carbonyl (C=O) groups is 10. The van der Waals surface area contributed by atoms with Crippen LogP contribution in [0.15, 0.2) is 95.1 Å². The number of carbonyl (C=O) groups excluding carboxylic acids is 10. The molecule has 2 saturated carbocycles. The molecule has 6 unspecified atom stereocenters. The van der Waals surface area contributed by atoms with E-state index in [4.69, 9.17) is 91.8 Å². The highest BCUT2D eigenvalue weighted by atomic mass is 35.5. The van der Waals surface area contributed by atoms with E-state index in [9.17, 15) is 78.6 Å². The Morgan fingerprint density at radius 2 is 0.900 bits per heavy atom. The molecule has 14 rings (SSSR count). The number of esters is 2. The molecule has 2 aliphatic carbocycles. The second-order valence-corrected chi connectivity index (χ2v) is 46.3. The van der Waals surface area contributed by atoms with Gasteiger partial charge >= 0.3 is 11.9 Å². The fourth-order valence-corrected chi connectivity index (χ4v) is 24.9. The number of hydroxylamine groups is 2. The van der Waals surface area contributed by atoms with Crippen LogP contribution in [0.25, 0.3) is 0 Å². The Kier molecular flexibility index (Phi) is 45.7. The van der Waals surface area contributed by atoms with Crippen molar-refractivity contribution in [1.29, 1.82) is 0 Å². The summed E-state index contributed by atoms with van der Waals surface area (Å²) in [5.74, 6) is -17.2. The largest absolute Gasteiger partial charge is 0.460 e. The van der Waals surface area contributed by atoms with Gasteiger partial charge in [-0.3, -0.25) is 48.0 Å². The van der Waals surface area contributed by atoms with Crippen LogP contribution in [0.2, 0.25) is 15.1 Å². The van der Waals surface area contributed by atoms with Crippen molar-refractivity contribution in [2.45, 2.75) is 404 Å². The molecular weight excluding hydrogens is 1990 g/mol. The van der Waals surface area contributed by atoms with Gasteiger partial charge in [0.15, 0.2) is 11.6 Å². The maximum atomic E-state index is 14.5. The van der Waals surface area contributed by atoms with Crippen LogP contribution in [0.5, 0.6) is 0 Å². The van der Waals surface area contributed by atoms with Crippen LogP contribution in [0.1, 0.15) is 269 Å². The minimum Gasteiger partial charge on any atom is -0.460 e. The molecule has 12 aliphatic rings. The van der Waals surface area contributed by atoms with E-state index in [2.05, 4.69) is 6.08 Å². The molecular formula is C115H169Cl3N4O28. The van der Waals surface area contributed by atoms with Crippen molar-refractivity contribution >= 4 is 105 Å². The number of nitrogens with zero attached hydrogens (tertiary/aromatic N) is 4. The summed E-state index contributed by atoms with van der Waals surface area (Å²) in [6, 6.07) is 7.90. The lowest BCUT2D eigenvalue weighted by molar-refractivity contribution is -0.265. The fraction of sp³-hybridized carbons (Fsp3) is 0.722. The molecule has 0 spiro atoms. The first-order valence-corrected chi connectivity index (χ1v) is 55.6. The summed E-state index contributed by atoms with van der Waals surface area (Å²) in [4.78, 5) is 160. The Bertz CT molecular complexity index is 5090. The van der Waals surface area contributed by atoms with Crippen molar-refractivity contribution in [3.8, 4) is 0 Å². The maximum absolute atomic E-state index is 14.5. The zero-order valence-electron chi connectivity index (χ0n) is 91.8. The number of rotatable bonds is 14. The first kappa shape index (κ1) is 123. The lowest BCUT2D eigenvalue weighted by Crippen LogP contribution is -2.61. The number of para-hydroxylation sites is 1. The van der Waals surface area contributed by atoms with Crippen LogP contribution in [0.4, 0.5) is 11.4 Å². The first-order chi connectivity index (χ1) is 71.0. The lowest BCUT2D eigenvalue weighted by atomic mass is 9.78. The second kappa shape index (κ2) is 55.7. The van der Waals surface area contributed by atoms with Crippen LogP contribution >= 0.6 is 34.8 Å². The van der Waals surface area contributed by atoms with Crippen LogP contribution < -0.4 is 10.1 Å². The SMILES string of the molecule is CO[C@H]1C[C@@H]2CC[C@@H](C)[C@@](O)(O2)C(=O)C(=O)N2CCCCC2C(=O)O[C@H]([C@H](C)C[C@@H]2CC[C@@H](O)[C@H](OC)C2)CC(=O)[C@H](C)/C=C(\C)[C@@H](O)[C@@H](OC)C(=O)[C@H](C)C[C@H](C)C2C=CC(C=C1C)ON2c1ccc(Cl)c(C)c1.CO[C@H]1C[C@@H]2CC[C@@H](C)[C@@](O)(O2)C(=O)C(=O)N2CCCCC2C(=O)O[C@H]([C@H](C)C[C@@H]2CC[C@@H](O)[C@H](OC)C2)CC(=O)[C@H](C)/C=C(\C)[C@@H](O)[C@@H](OC)C(=O)[C@H](C)C[C@H](C)C2CCC(C=C1C)ON2c1c(Cl)cccc1Cl. The van der Waals surface area contributed by atoms with Gasteiger partial charge in [0.05, 0.1) is 76.6 Å². The number of hydrogen-bond donors (Lipinski definition) is 6. The molecule has 32 nitrogen and oxygen atoms in total.